The van der Waals surface area contributed by atoms with E-state index < -0.39 is 11.0 Å². The molecule has 2 spiro atoms. The van der Waals surface area contributed by atoms with Crippen LogP contribution in [-0.4, -0.2) is 17.4 Å². The zero-order valence-electron chi connectivity index (χ0n) is 12.3. The van der Waals surface area contributed by atoms with Crippen LogP contribution in [0.3, 0.4) is 0 Å². The fraction of sp³-hybridized carbons (Fsp3) is 0.556. The lowest BCUT2D eigenvalue weighted by Crippen LogP contribution is -2.40. The van der Waals surface area contributed by atoms with E-state index >= 15 is 0 Å². The zero-order valence-corrected chi connectivity index (χ0v) is 12.3. The Bertz CT molecular complexity index is 600. The van der Waals surface area contributed by atoms with Gasteiger partial charge in [-0.05, 0) is 37.2 Å². The minimum absolute atomic E-state index is 0.00000142. The largest absolute Gasteiger partial charge is 0.450 e. The van der Waals surface area contributed by atoms with Crippen LogP contribution in [-0.2, 0) is 14.3 Å². The molecule has 0 radical (unpaired) electrons. The number of carbonyl (C=O) groups excluding carboxylic acids is 2. The van der Waals surface area contributed by atoms with Gasteiger partial charge in [0.25, 0.3) is 0 Å². The summed E-state index contributed by atoms with van der Waals surface area (Å²) in [5.41, 5.74) is -0.602. The zero-order chi connectivity index (χ0) is 14.7. The molecule has 21 heavy (non-hydrogen) atoms. The first-order chi connectivity index (χ1) is 10.1. The number of esters is 1. The van der Waals surface area contributed by atoms with Crippen molar-refractivity contribution < 1.29 is 14.3 Å². The first-order valence-corrected chi connectivity index (χ1v) is 7.96. The number of hydrogen-bond acceptors (Lipinski definition) is 3. The second-order valence-electron chi connectivity index (χ2n) is 6.82. The van der Waals surface area contributed by atoms with Crippen LogP contribution in [0.25, 0.3) is 0 Å². The number of rotatable bonds is 1. The molecule has 3 heteroatoms. The Morgan fingerprint density at radius 2 is 1.71 bits per heavy atom. The maximum Gasteiger partial charge on any atom is 0.321 e. The summed E-state index contributed by atoms with van der Waals surface area (Å²) in [5, 5.41) is 0. The van der Waals surface area contributed by atoms with Gasteiger partial charge in [0.05, 0.1) is 0 Å². The molecule has 1 heterocycles. The molecular formula is C18H20O3. The van der Waals surface area contributed by atoms with Crippen molar-refractivity contribution in [3.05, 3.63) is 35.9 Å². The number of Topliss-reactive ketones (excluding diaryl/α,β-unsaturated/α-hetero) is 1. The molecule has 2 saturated carbocycles. The lowest BCUT2D eigenvalue weighted by atomic mass is 9.77. The highest BCUT2D eigenvalue weighted by Crippen LogP contribution is 2.70. The van der Waals surface area contributed by atoms with Crippen LogP contribution >= 0.6 is 0 Å². The number of ether oxygens (including phenoxy) is 1. The average Bonchev–Trinajstić information content (AvgIpc) is 3.09. The maximum atomic E-state index is 13.1. The SMILES string of the molecule is C[C@@H]1[C@@H](c2ccccc2)[C@]12C(=O)OC1(CCCCC1)C2=O. The van der Waals surface area contributed by atoms with Gasteiger partial charge in [0.1, 0.15) is 5.41 Å². The molecule has 1 aromatic carbocycles. The summed E-state index contributed by atoms with van der Waals surface area (Å²) >= 11 is 0. The third-order valence-corrected chi connectivity index (χ3v) is 5.83. The second kappa shape index (κ2) is 4.19. The summed E-state index contributed by atoms with van der Waals surface area (Å²) in [5.74, 6) is -0.141. The minimum atomic E-state index is -0.890. The van der Waals surface area contributed by atoms with Crippen molar-refractivity contribution in [3.63, 3.8) is 0 Å². The molecule has 3 nitrogen and oxygen atoms in total. The van der Waals surface area contributed by atoms with E-state index in [4.69, 9.17) is 4.74 Å². The Kier molecular flexibility index (Phi) is 2.60. The van der Waals surface area contributed by atoms with Crippen LogP contribution < -0.4 is 0 Å². The Balaban J connectivity index is 1.73. The van der Waals surface area contributed by atoms with Crippen molar-refractivity contribution in [2.45, 2.75) is 50.5 Å². The highest BCUT2D eigenvalue weighted by Gasteiger charge is 2.80. The van der Waals surface area contributed by atoms with Crippen molar-refractivity contribution >= 4 is 11.8 Å². The first-order valence-electron chi connectivity index (χ1n) is 7.96. The maximum absolute atomic E-state index is 13.1. The van der Waals surface area contributed by atoms with Crippen LogP contribution in [0.5, 0.6) is 0 Å². The Morgan fingerprint density at radius 3 is 2.38 bits per heavy atom. The van der Waals surface area contributed by atoms with Gasteiger partial charge >= 0.3 is 5.97 Å². The molecule has 1 saturated heterocycles. The van der Waals surface area contributed by atoms with Crippen molar-refractivity contribution in [1.29, 1.82) is 0 Å². The molecular weight excluding hydrogens is 264 g/mol. The normalized spacial score (nSPS) is 37.0. The van der Waals surface area contributed by atoms with E-state index in [-0.39, 0.29) is 23.6 Å². The van der Waals surface area contributed by atoms with Gasteiger partial charge in [0, 0.05) is 5.92 Å². The third kappa shape index (κ3) is 1.49. The average molecular weight is 284 g/mol. The lowest BCUT2D eigenvalue weighted by Gasteiger charge is -2.30. The Hall–Kier alpha value is -1.64. The highest BCUT2D eigenvalue weighted by atomic mass is 16.6. The van der Waals surface area contributed by atoms with Gasteiger partial charge < -0.3 is 4.74 Å². The van der Waals surface area contributed by atoms with Gasteiger partial charge in [-0.25, -0.2) is 0 Å². The van der Waals surface area contributed by atoms with Crippen molar-refractivity contribution in [2.24, 2.45) is 11.3 Å². The number of carbonyl (C=O) groups is 2. The van der Waals surface area contributed by atoms with Crippen LogP contribution in [0.15, 0.2) is 30.3 Å². The third-order valence-electron chi connectivity index (χ3n) is 5.83. The Labute approximate surface area is 124 Å². The standard InChI is InChI=1S/C18H20O3/c1-12-14(13-8-4-2-5-9-13)18(12)15(19)17(21-16(18)20)10-6-3-7-11-17/h2,4-5,8-9,12,14H,3,6-7,10-11H2,1H3/t12-,14+,18-/m1/s1. The summed E-state index contributed by atoms with van der Waals surface area (Å²) < 4.78 is 5.71. The molecule has 0 aromatic heterocycles. The van der Waals surface area contributed by atoms with Gasteiger partial charge in [-0.1, -0.05) is 43.7 Å². The Morgan fingerprint density at radius 1 is 1.05 bits per heavy atom. The molecule has 1 aliphatic heterocycles. The summed E-state index contributed by atoms with van der Waals surface area (Å²) in [6.07, 6.45) is 4.54. The van der Waals surface area contributed by atoms with Crippen molar-refractivity contribution in [3.8, 4) is 0 Å². The summed E-state index contributed by atoms with van der Waals surface area (Å²) in [4.78, 5) is 25.7. The topological polar surface area (TPSA) is 43.4 Å². The smallest absolute Gasteiger partial charge is 0.321 e. The molecule has 3 fully saturated rings. The second-order valence-corrected chi connectivity index (χ2v) is 6.82. The van der Waals surface area contributed by atoms with E-state index in [1.54, 1.807) is 0 Å². The quantitative estimate of drug-likeness (QED) is 0.587. The molecule has 0 amide bonds. The number of ketones is 1. The van der Waals surface area contributed by atoms with E-state index in [1.165, 1.54) is 0 Å². The van der Waals surface area contributed by atoms with E-state index in [1.807, 2.05) is 37.3 Å². The van der Waals surface area contributed by atoms with Gasteiger partial charge in [-0.2, -0.15) is 0 Å². The fourth-order valence-electron chi connectivity index (χ4n) is 4.66. The van der Waals surface area contributed by atoms with Gasteiger partial charge in [-0.3, -0.25) is 9.59 Å². The molecule has 2 aliphatic carbocycles. The van der Waals surface area contributed by atoms with E-state index in [0.717, 1.165) is 24.8 Å². The van der Waals surface area contributed by atoms with Crippen molar-refractivity contribution in [2.75, 3.05) is 0 Å². The molecule has 3 atom stereocenters. The summed E-state index contributed by atoms with van der Waals surface area (Å²) in [6.45, 7) is 2.01. The highest BCUT2D eigenvalue weighted by molar-refractivity contribution is 6.17. The minimum Gasteiger partial charge on any atom is -0.450 e. The molecule has 3 aliphatic rings. The summed E-state index contributed by atoms with van der Waals surface area (Å²) in [7, 11) is 0. The van der Waals surface area contributed by atoms with Gasteiger partial charge in [0.2, 0.25) is 0 Å². The number of benzene rings is 1. The van der Waals surface area contributed by atoms with Gasteiger partial charge in [0.15, 0.2) is 11.4 Å². The molecule has 0 bridgehead atoms. The molecule has 0 unspecified atom stereocenters. The molecule has 110 valence electrons. The molecule has 1 aromatic rings. The van der Waals surface area contributed by atoms with Crippen LogP contribution in [0, 0.1) is 11.3 Å². The fourth-order valence-corrected chi connectivity index (χ4v) is 4.66. The van der Waals surface area contributed by atoms with Gasteiger partial charge in [-0.15, -0.1) is 0 Å². The predicted molar refractivity (Wildman–Crippen MR) is 77.7 cm³/mol. The predicted octanol–water partition coefficient (Wildman–Crippen LogP) is 3.24. The van der Waals surface area contributed by atoms with E-state index in [0.29, 0.717) is 12.8 Å². The van der Waals surface area contributed by atoms with Crippen LogP contribution in [0.4, 0.5) is 0 Å². The molecule has 0 N–H and O–H groups in total. The van der Waals surface area contributed by atoms with Crippen molar-refractivity contribution in [1.82, 2.24) is 0 Å². The van der Waals surface area contributed by atoms with Crippen LogP contribution in [0.2, 0.25) is 0 Å². The lowest BCUT2D eigenvalue weighted by molar-refractivity contribution is -0.155. The number of hydrogen-bond donors (Lipinski definition) is 0. The summed E-state index contributed by atoms with van der Waals surface area (Å²) in [6, 6.07) is 9.93. The first kappa shape index (κ1) is 13.1. The van der Waals surface area contributed by atoms with E-state index in [2.05, 4.69) is 0 Å². The van der Waals surface area contributed by atoms with E-state index in [9.17, 15) is 9.59 Å². The van der Waals surface area contributed by atoms with Crippen LogP contribution in [0.1, 0.15) is 50.5 Å². The molecule has 4 rings (SSSR count). The monoisotopic (exact) mass is 284 g/mol.